The molecule has 0 aliphatic carbocycles. The van der Waals surface area contributed by atoms with Crippen molar-refractivity contribution in [2.24, 2.45) is 0 Å². The first-order valence-electron chi connectivity index (χ1n) is 10.3. The minimum atomic E-state index is -1.16. The zero-order valence-electron chi connectivity index (χ0n) is 19.0. The Balaban J connectivity index is 2.21. The van der Waals surface area contributed by atoms with Gasteiger partial charge in [-0.15, -0.1) is 11.6 Å². The lowest BCUT2D eigenvalue weighted by Crippen LogP contribution is -2.40. The second-order valence-electron chi connectivity index (χ2n) is 7.13. The van der Waals surface area contributed by atoms with Gasteiger partial charge in [-0.3, -0.25) is 19.8 Å². The minimum absolute atomic E-state index is 0.0107. The summed E-state index contributed by atoms with van der Waals surface area (Å²) in [5, 5.41) is 13.0. The van der Waals surface area contributed by atoms with Crippen molar-refractivity contribution < 1.29 is 33.9 Å². The van der Waals surface area contributed by atoms with Crippen molar-refractivity contribution in [3.05, 3.63) is 75.3 Å². The number of esters is 1. The summed E-state index contributed by atoms with van der Waals surface area (Å²) in [5.74, 6) is -1.15. The van der Waals surface area contributed by atoms with Gasteiger partial charge >= 0.3 is 11.9 Å². The van der Waals surface area contributed by atoms with E-state index in [4.69, 9.17) is 31.0 Å². The number of aryl methyl sites for hydroxylation is 1. The van der Waals surface area contributed by atoms with Crippen LogP contribution in [0.3, 0.4) is 0 Å². The molecule has 0 saturated carbocycles. The number of hydrogen-bond donors (Lipinski definition) is 0. The van der Waals surface area contributed by atoms with Gasteiger partial charge < -0.3 is 9.47 Å². The number of nitro groups is 1. The number of nitro benzene ring substituents is 1. The Bertz CT molecular complexity index is 1060. The first-order valence-corrected chi connectivity index (χ1v) is 10.7. The predicted octanol–water partition coefficient (Wildman–Crippen LogP) is 5.18. The number of carbonyl (C=O) groups is 2. The number of nitrogens with zero attached hydrogens (tertiary/aromatic N) is 2. The number of ether oxygens (including phenoxy) is 2. The second-order valence-corrected chi connectivity index (χ2v) is 7.56. The fourth-order valence-corrected chi connectivity index (χ4v) is 2.93. The van der Waals surface area contributed by atoms with Gasteiger partial charge in [0.25, 0.3) is 5.69 Å². The zero-order valence-corrected chi connectivity index (χ0v) is 19.7. The fourth-order valence-electron chi connectivity index (χ4n) is 2.70. The third kappa shape index (κ3) is 7.27. The van der Waals surface area contributed by atoms with E-state index in [1.165, 1.54) is 19.1 Å². The van der Waals surface area contributed by atoms with E-state index in [1.54, 1.807) is 25.1 Å². The first-order chi connectivity index (χ1) is 16.2. The van der Waals surface area contributed by atoms with Crippen LogP contribution in [-0.4, -0.2) is 41.1 Å². The summed E-state index contributed by atoms with van der Waals surface area (Å²) in [4.78, 5) is 45.3. The smallest absolute Gasteiger partial charge is 0.382 e. The average Bonchev–Trinajstić information content (AvgIpc) is 2.81. The van der Waals surface area contributed by atoms with Crippen LogP contribution < -0.4 is 4.74 Å². The SMILES string of the molecule is C=CCN(OOC(=O)c1cc(Oc2ccc(Cl)cc2C)ccc1[N+](=O)[O-])C(C)C(=O)OCCC. The maximum Gasteiger partial charge on any atom is 0.382 e. The van der Waals surface area contributed by atoms with Crippen LogP contribution in [-0.2, 0) is 19.4 Å². The van der Waals surface area contributed by atoms with Gasteiger partial charge in [0.1, 0.15) is 23.1 Å². The molecule has 0 aliphatic heterocycles. The molecule has 0 saturated heterocycles. The molecule has 0 N–H and O–H groups in total. The molecular formula is C23H25ClN2O8. The molecule has 182 valence electrons. The first kappa shape index (κ1) is 26.8. The summed E-state index contributed by atoms with van der Waals surface area (Å²) >= 11 is 5.95. The maximum atomic E-state index is 12.7. The molecule has 0 amide bonds. The van der Waals surface area contributed by atoms with Crippen molar-refractivity contribution in [3.63, 3.8) is 0 Å². The van der Waals surface area contributed by atoms with Gasteiger partial charge in [0.15, 0.2) is 0 Å². The van der Waals surface area contributed by atoms with Gasteiger partial charge in [0, 0.05) is 23.7 Å². The van der Waals surface area contributed by atoms with Gasteiger partial charge in [-0.25, -0.2) is 4.79 Å². The van der Waals surface area contributed by atoms with Crippen LogP contribution in [0.2, 0.25) is 5.02 Å². The van der Waals surface area contributed by atoms with Crippen molar-refractivity contribution >= 4 is 29.2 Å². The van der Waals surface area contributed by atoms with E-state index in [1.807, 2.05) is 6.92 Å². The van der Waals surface area contributed by atoms with Crippen LogP contribution >= 0.6 is 11.6 Å². The fraction of sp³-hybridized carbons (Fsp3) is 0.304. The Morgan fingerprint density at radius 2 is 2.00 bits per heavy atom. The molecule has 0 spiro atoms. The van der Waals surface area contributed by atoms with E-state index in [9.17, 15) is 19.7 Å². The predicted molar refractivity (Wildman–Crippen MR) is 123 cm³/mol. The Hall–Kier alpha value is -3.47. The molecule has 0 bridgehead atoms. The monoisotopic (exact) mass is 492 g/mol. The lowest BCUT2D eigenvalue weighted by molar-refractivity contribution is -0.396. The highest BCUT2D eigenvalue weighted by molar-refractivity contribution is 6.30. The van der Waals surface area contributed by atoms with Gasteiger partial charge in [-0.05, 0) is 50.1 Å². The Labute approximate surface area is 201 Å². The van der Waals surface area contributed by atoms with Crippen molar-refractivity contribution in [3.8, 4) is 11.5 Å². The highest BCUT2D eigenvalue weighted by atomic mass is 35.5. The van der Waals surface area contributed by atoms with Crippen molar-refractivity contribution in [2.75, 3.05) is 13.2 Å². The van der Waals surface area contributed by atoms with E-state index in [2.05, 4.69) is 6.58 Å². The average molecular weight is 493 g/mol. The number of halogens is 1. The molecule has 0 heterocycles. The van der Waals surface area contributed by atoms with E-state index < -0.39 is 34.2 Å². The van der Waals surface area contributed by atoms with Crippen molar-refractivity contribution in [1.82, 2.24) is 5.06 Å². The van der Waals surface area contributed by atoms with Gasteiger partial charge in [0.05, 0.1) is 11.5 Å². The van der Waals surface area contributed by atoms with Crippen LogP contribution in [0.4, 0.5) is 5.69 Å². The molecule has 10 nitrogen and oxygen atoms in total. The van der Waals surface area contributed by atoms with Crippen LogP contribution in [0, 0.1) is 17.0 Å². The summed E-state index contributed by atoms with van der Waals surface area (Å²) in [6, 6.07) is 7.63. The molecule has 0 aliphatic rings. The Morgan fingerprint density at radius 1 is 1.26 bits per heavy atom. The summed E-state index contributed by atoms with van der Waals surface area (Å²) < 4.78 is 10.8. The van der Waals surface area contributed by atoms with E-state index in [0.29, 0.717) is 17.2 Å². The van der Waals surface area contributed by atoms with Crippen LogP contribution in [0.5, 0.6) is 11.5 Å². The molecule has 2 aromatic carbocycles. The quantitative estimate of drug-likeness (QED) is 0.130. The lowest BCUT2D eigenvalue weighted by atomic mass is 10.1. The third-order valence-corrected chi connectivity index (χ3v) is 4.72. The summed E-state index contributed by atoms with van der Waals surface area (Å²) in [6.07, 6.45) is 2.05. The molecule has 1 atom stereocenters. The van der Waals surface area contributed by atoms with Gasteiger partial charge in [-0.1, -0.05) is 29.6 Å². The van der Waals surface area contributed by atoms with Crippen molar-refractivity contribution in [1.29, 1.82) is 0 Å². The molecule has 0 radical (unpaired) electrons. The minimum Gasteiger partial charge on any atom is -0.464 e. The normalized spacial score (nSPS) is 11.6. The highest BCUT2D eigenvalue weighted by Gasteiger charge is 2.28. The topological polar surface area (TPSA) is 117 Å². The summed E-state index contributed by atoms with van der Waals surface area (Å²) in [5.41, 5.74) is -0.198. The highest BCUT2D eigenvalue weighted by Crippen LogP contribution is 2.31. The van der Waals surface area contributed by atoms with E-state index >= 15 is 0 Å². The largest absolute Gasteiger partial charge is 0.464 e. The third-order valence-electron chi connectivity index (χ3n) is 4.49. The van der Waals surface area contributed by atoms with E-state index in [0.717, 1.165) is 22.8 Å². The second kappa shape index (κ2) is 12.7. The Morgan fingerprint density at radius 3 is 2.62 bits per heavy atom. The molecule has 2 rings (SSSR count). The molecular weight excluding hydrogens is 468 g/mol. The number of hydrogen-bond acceptors (Lipinski definition) is 9. The van der Waals surface area contributed by atoms with Crippen molar-refractivity contribution in [2.45, 2.75) is 33.2 Å². The molecule has 11 heteroatoms. The van der Waals surface area contributed by atoms with E-state index in [-0.39, 0.29) is 18.9 Å². The van der Waals surface area contributed by atoms with Gasteiger partial charge in [-0.2, -0.15) is 0 Å². The summed E-state index contributed by atoms with van der Waals surface area (Å²) in [6.45, 7) is 8.90. The van der Waals surface area contributed by atoms with Crippen LogP contribution in [0.1, 0.15) is 36.2 Å². The number of benzene rings is 2. The van der Waals surface area contributed by atoms with Crippen LogP contribution in [0.15, 0.2) is 49.1 Å². The standard InChI is InChI=1S/C23H25ClN2O8/c1-5-11-25(16(4)22(27)31-12-6-2)34-33-23(28)19-14-18(8-9-20(19)26(29)30)32-21-10-7-17(24)13-15(21)3/h5,7-10,13-14,16H,1,6,11-12H2,2-4H3. The Kier molecular flexibility index (Phi) is 9.99. The molecule has 34 heavy (non-hydrogen) atoms. The zero-order chi connectivity index (χ0) is 25.3. The number of rotatable bonds is 12. The van der Waals surface area contributed by atoms with Crippen LogP contribution in [0.25, 0.3) is 0 Å². The molecule has 1 unspecified atom stereocenters. The van der Waals surface area contributed by atoms with Gasteiger partial charge in [0.2, 0.25) is 0 Å². The lowest BCUT2D eigenvalue weighted by Gasteiger charge is -2.23. The molecule has 0 aromatic heterocycles. The molecule has 2 aromatic rings. The maximum absolute atomic E-state index is 12.7. The summed E-state index contributed by atoms with van der Waals surface area (Å²) in [7, 11) is 0. The number of hydroxylamine groups is 2. The molecule has 0 fully saturated rings. The number of carbonyl (C=O) groups excluding carboxylic acids is 2.